The molecule has 8 nitrogen and oxygen atoms in total. The minimum absolute atomic E-state index is 0.0560. The van der Waals surface area contributed by atoms with Gasteiger partial charge in [0.05, 0.1) is 25.2 Å². The van der Waals surface area contributed by atoms with Crippen molar-refractivity contribution in [2.24, 2.45) is 0 Å². The van der Waals surface area contributed by atoms with Gasteiger partial charge in [-0.25, -0.2) is 13.2 Å². The van der Waals surface area contributed by atoms with Gasteiger partial charge in [0.1, 0.15) is 0 Å². The van der Waals surface area contributed by atoms with Crippen LogP contribution in [0.15, 0.2) is 24.3 Å². The van der Waals surface area contributed by atoms with Crippen LogP contribution in [0.3, 0.4) is 0 Å². The maximum atomic E-state index is 12.1. The number of carbonyl (C=O) groups excluding carboxylic acids is 2. The van der Waals surface area contributed by atoms with Gasteiger partial charge in [-0.05, 0) is 44.0 Å². The zero-order valence-electron chi connectivity index (χ0n) is 16.1. The van der Waals surface area contributed by atoms with Crippen molar-refractivity contribution in [2.45, 2.75) is 32.4 Å². The summed E-state index contributed by atoms with van der Waals surface area (Å²) in [6.45, 7) is 3.81. The summed E-state index contributed by atoms with van der Waals surface area (Å²) in [6.07, 6.45) is 2.08. The summed E-state index contributed by atoms with van der Waals surface area (Å²) < 4.78 is 38.6. The third kappa shape index (κ3) is 6.26. The third-order valence-corrected chi connectivity index (χ3v) is 5.91. The van der Waals surface area contributed by atoms with Crippen LogP contribution in [0.4, 0.5) is 0 Å². The number of sulfone groups is 1. The molecule has 0 saturated carbocycles. The highest BCUT2D eigenvalue weighted by atomic mass is 32.2. The number of methoxy groups -OCH3 is 1. The third-order valence-electron chi connectivity index (χ3n) is 4.14. The van der Waals surface area contributed by atoms with Gasteiger partial charge in [-0.3, -0.25) is 4.79 Å². The highest BCUT2D eigenvalue weighted by molar-refractivity contribution is 7.91. The van der Waals surface area contributed by atoms with Crippen molar-refractivity contribution >= 4 is 27.8 Å². The molecule has 1 fully saturated rings. The molecule has 1 aliphatic rings. The van der Waals surface area contributed by atoms with Gasteiger partial charge in [0, 0.05) is 12.1 Å². The van der Waals surface area contributed by atoms with E-state index < -0.39 is 33.9 Å². The lowest BCUT2D eigenvalue weighted by molar-refractivity contribution is -0.150. The molecule has 1 N–H and O–H groups in total. The monoisotopic (exact) mass is 411 g/mol. The Hall–Kier alpha value is -2.55. The fraction of sp³-hybridized carbons (Fsp3) is 0.474. The molecule has 0 aliphatic carbocycles. The quantitative estimate of drug-likeness (QED) is 0.508. The molecule has 2 atom stereocenters. The molecule has 0 bridgehead atoms. The summed E-state index contributed by atoms with van der Waals surface area (Å²) in [4.78, 5) is 24.0. The van der Waals surface area contributed by atoms with E-state index in [9.17, 15) is 18.0 Å². The van der Waals surface area contributed by atoms with E-state index in [2.05, 4.69) is 5.32 Å². The van der Waals surface area contributed by atoms with Gasteiger partial charge < -0.3 is 19.5 Å². The zero-order valence-corrected chi connectivity index (χ0v) is 17.0. The molecule has 1 amide bonds. The number of rotatable bonds is 8. The van der Waals surface area contributed by atoms with E-state index in [0.29, 0.717) is 30.1 Å². The zero-order chi connectivity index (χ0) is 20.7. The van der Waals surface area contributed by atoms with E-state index in [1.165, 1.54) is 26.2 Å². The summed E-state index contributed by atoms with van der Waals surface area (Å²) >= 11 is 0. The van der Waals surface area contributed by atoms with E-state index in [1.54, 1.807) is 18.2 Å². The first-order chi connectivity index (χ1) is 13.2. The largest absolute Gasteiger partial charge is 0.493 e. The van der Waals surface area contributed by atoms with Gasteiger partial charge >= 0.3 is 5.97 Å². The first-order valence-electron chi connectivity index (χ1n) is 8.94. The van der Waals surface area contributed by atoms with Gasteiger partial charge in [-0.15, -0.1) is 0 Å². The number of carbonyl (C=O) groups is 2. The van der Waals surface area contributed by atoms with Crippen LogP contribution in [0.5, 0.6) is 11.5 Å². The molecule has 1 aliphatic heterocycles. The molecule has 1 heterocycles. The number of benzene rings is 1. The average molecular weight is 411 g/mol. The second-order valence-corrected chi connectivity index (χ2v) is 8.59. The first kappa shape index (κ1) is 21.7. The minimum Gasteiger partial charge on any atom is -0.493 e. The second kappa shape index (κ2) is 9.59. The van der Waals surface area contributed by atoms with Crippen LogP contribution < -0.4 is 14.8 Å². The van der Waals surface area contributed by atoms with Crippen LogP contribution in [0, 0.1) is 0 Å². The van der Waals surface area contributed by atoms with Crippen LogP contribution in [-0.2, 0) is 24.2 Å². The maximum Gasteiger partial charge on any atom is 0.331 e. The van der Waals surface area contributed by atoms with E-state index in [4.69, 9.17) is 14.2 Å². The van der Waals surface area contributed by atoms with Crippen molar-refractivity contribution in [1.82, 2.24) is 5.32 Å². The fourth-order valence-corrected chi connectivity index (χ4v) is 4.39. The SMILES string of the molecule is CCOc1ccc(/C=C/C(=O)O[C@@H](C)C(=O)N[C@@H]2CCS(=O)(=O)C2)cc1OC. The molecule has 0 spiro atoms. The van der Waals surface area contributed by atoms with E-state index in [0.717, 1.165) is 0 Å². The molecule has 28 heavy (non-hydrogen) atoms. The molecule has 1 aromatic carbocycles. The maximum absolute atomic E-state index is 12.1. The van der Waals surface area contributed by atoms with Crippen molar-refractivity contribution in [3.05, 3.63) is 29.8 Å². The number of amides is 1. The summed E-state index contributed by atoms with van der Waals surface area (Å²) in [5.41, 5.74) is 0.700. The molecule has 2 rings (SSSR count). The number of esters is 1. The number of hydrogen-bond acceptors (Lipinski definition) is 7. The van der Waals surface area contributed by atoms with Crippen LogP contribution in [-0.4, -0.2) is 57.7 Å². The first-order valence-corrected chi connectivity index (χ1v) is 10.8. The van der Waals surface area contributed by atoms with Gasteiger partial charge in [0.2, 0.25) is 0 Å². The predicted molar refractivity (Wildman–Crippen MR) is 104 cm³/mol. The van der Waals surface area contributed by atoms with Crippen molar-refractivity contribution < 1.29 is 32.2 Å². The molecule has 154 valence electrons. The topological polar surface area (TPSA) is 108 Å². The lowest BCUT2D eigenvalue weighted by Gasteiger charge is -2.15. The molecule has 0 aromatic heterocycles. The lowest BCUT2D eigenvalue weighted by atomic mass is 10.2. The van der Waals surface area contributed by atoms with Gasteiger partial charge in [0.15, 0.2) is 27.4 Å². The minimum atomic E-state index is -3.09. The van der Waals surface area contributed by atoms with Crippen molar-refractivity contribution in [3.63, 3.8) is 0 Å². The van der Waals surface area contributed by atoms with Gasteiger partial charge in [-0.2, -0.15) is 0 Å². The molecule has 0 unspecified atom stereocenters. The lowest BCUT2D eigenvalue weighted by Crippen LogP contribution is -2.42. The predicted octanol–water partition coefficient (Wildman–Crippen LogP) is 1.34. The second-order valence-electron chi connectivity index (χ2n) is 6.36. The summed E-state index contributed by atoms with van der Waals surface area (Å²) in [6, 6.07) is 4.77. The molecule has 1 aromatic rings. The van der Waals surface area contributed by atoms with E-state index >= 15 is 0 Å². The van der Waals surface area contributed by atoms with Crippen molar-refractivity contribution in [2.75, 3.05) is 25.2 Å². The number of ether oxygens (including phenoxy) is 3. The Kier molecular flexibility index (Phi) is 7.45. The Morgan fingerprint density at radius 3 is 2.68 bits per heavy atom. The average Bonchev–Trinajstić information content (AvgIpc) is 2.99. The standard InChI is InChI=1S/C19H25NO7S/c1-4-26-16-7-5-14(11-17(16)25-3)6-8-18(21)27-13(2)19(22)20-15-9-10-28(23,24)12-15/h5-8,11,13,15H,4,9-10,12H2,1-3H3,(H,20,22)/b8-6+/t13-,15+/m0/s1. The summed E-state index contributed by atoms with van der Waals surface area (Å²) in [7, 11) is -1.57. The van der Waals surface area contributed by atoms with Crippen LogP contribution in [0.2, 0.25) is 0 Å². The van der Waals surface area contributed by atoms with Crippen molar-refractivity contribution in [1.29, 1.82) is 0 Å². The fourth-order valence-electron chi connectivity index (χ4n) is 2.72. The Balaban J connectivity index is 1.89. The van der Waals surface area contributed by atoms with E-state index in [1.807, 2.05) is 6.92 Å². The molecular formula is C19H25NO7S. The molecular weight excluding hydrogens is 386 g/mol. The van der Waals surface area contributed by atoms with Crippen LogP contribution in [0.25, 0.3) is 6.08 Å². The Morgan fingerprint density at radius 2 is 2.07 bits per heavy atom. The van der Waals surface area contributed by atoms with Gasteiger partial charge in [-0.1, -0.05) is 6.07 Å². The van der Waals surface area contributed by atoms with Crippen LogP contribution >= 0.6 is 0 Å². The van der Waals surface area contributed by atoms with Crippen LogP contribution in [0.1, 0.15) is 25.8 Å². The highest BCUT2D eigenvalue weighted by Gasteiger charge is 2.30. The summed E-state index contributed by atoms with van der Waals surface area (Å²) in [5, 5.41) is 2.60. The summed E-state index contributed by atoms with van der Waals surface area (Å²) in [5.74, 6) is -0.0964. The Morgan fingerprint density at radius 1 is 1.32 bits per heavy atom. The smallest absolute Gasteiger partial charge is 0.331 e. The number of nitrogens with one attached hydrogen (secondary N) is 1. The van der Waals surface area contributed by atoms with E-state index in [-0.39, 0.29) is 11.5 Å². The highest BCUT2D eigenvalue weighted by Crippen LogP contribution is 2.28. The molecule has 0 radical (unpaired) electrons. The van der Waals surface area contributed by atoms with Gasteiger partial charge in [0.25, 0.3) is 5.91 Å². The Bertz CT molecular complexity index is 848. The normalized spacial score (nSPS) is 19.2. The Labute approximate surface area is 164 Å². The molecule has 9 heteroatoms. The van der Waals surface area contributed by atoms with Crippen molar-refractivity contribution in [3.8, 4) is 11.5 Å². The molecule has 1 saturated heterocycles. The number of hydrogen-bond donors (Lipinski definition) is 1.